The van der Waals surface area contributed by atoms with Crippen LogP contribution in [0.15, 0.2) is 42.6 Å². The van der Waals surface area contributed by atoms with Crippen LogP contribution < -0.4 is 15.4 Å². The van der Waals surface area contributed by atoms with Gasteiger partial charge in [0.15, 0.2) is 0 Å². The molecule has 0 saturated heterocycles. The monoisotopic (exact) mass is 299 g/mol. The first-order chi connectivity index (χ1) is 10.6. The van der Waals surface area contributed by atoms with E-state index < -0.39 is 11.8 Å². The van der Waals surface area contributed by atoms with Crippen LogP contribution in [0.4, 0.5) is 11.5 Å². The maximum Gasteiger partial charge on any atom is 0.315 e. The first-order valence-corrected chi connectivity index (χ1v) is 6.86. The fourth-order valence-electron chi connectivity index (χ4n) is 1.77. The summed E-state index contributed by atoms with van der Waals surface area (Å²) >= 11 is 0. The summed E-state index contributed by atoms with van der Waals surface area (Å²) in [6.07, 6.45) is 1.56. The van der Waals surface area contributed by atoms with Crippen LogP contribution in [0.2, 0.25) is 0 Å². The van der Waals surface area contributed by atoms with Gasteiger partial charge in [0.1, 0.15) is 11.6 Å². The number of hydrogen-bond donors (Lipinski definition) is 2. The van der Waals surface area contributed by atoms with Gasteiger partial charge in [0.05, 0.1) is 6.61 Å². The molecule has 0 bridgehead atoms. The third-order valence-electron chi connectivity index (χ3n) is 2.79. The molecule has 6 nitrogen and oxygen atoms in total. The molecule has 0 aliphatic carbocycles. The standard InChI is InChI=1S/C16H17N3O3/c1-3-22-13-6-4-12(5-7-13)18-15(20)16(21)19-14-10-11(2)8-9-17-14/h4-10H,3H2,1-2H3,(H,18,20)(H,17,19,21). The second-order valence-corrected chi connectivity index (χ2v) is 4.58. The number of anilines is 2. The van der Waals surface area contributed by atoms with Crippen LogP contribution >= 0.6 is 0 Å². The van der Waals surface area contributed by atoms with Gasteiger partial charge in [0.25, 0.3) is 0 Å². The molecule has 0 saturated carbocycles. The SMILES string of the molecule is CCOc1ccc(NC(=O)C(=O)Nc2cc(C)ccn2)cc1. The average molecular weight is 299 g/mol. The molecule has 6 heteroatoms. The number of amides is 2. The molecule has 2 amide bonds. The number of ether oxygens (including phenoxy) is 1. The molecule has 0 fully saturated rings. The van der Waals surface area contributed by atoms with E-state index in [1.165, 1.54) is 0 Å². The van der Waals surface area contributed by atoms with E-state index in [2.05, 4.69) is 15.6 Å². The van der Waals surface area contributed by atoms with Crippen LogP contribution in [-0.2, 0) is 9.59 Å². The van der Waals surface area contributed by atoms with E-state index in [4.69, 9.17) is 4.74 Å². The number of nitrogens with one attached hydrogen (secondary N) is 2. The average Bonchev–Trinajstić information content (AvgIpc) is 2.49. The summed E-state index contributed by atoms with van der Waals surface area (Å²) < 4.78 is 5.30. The van der Waals surface area contributed by atoms with Crippen molar-refractivity contribution in [2.45, 2.75) is 13.8 Å². The molecule has 2 N–H and O–H groups in total. The fourth-order valence-corrected chi connectivity index (χ4v) is 1.77. The van der Waals surface area contributed by atoms with Gasteiger partial charge >= 0.3 is 11.8 Å². The zero-order valence-electron chi connectivity index (χ0n) is 12.4. The van der Waals surface area contributed by atoms with Crippen molar-refractivity contribution in [1.29, 1.82) is 0 Å². The minimum absolute atomic E-state index is 0.340. The van der Waals surface area contributed by atoms with Crippen LogP contribution in [0.1, 0.15) is 12.5 Å². The lowest BCUT2D eigenvalue weighted by Crippen LogP contribution is -2.29. The highest BCUT2D eigenvalue weighted by Gasteiger charge is 2.14. The van der Waals surface area contributed by atoms with Crippen molar-refractivity contribution in [1.82, 2.24) is 4.98 Å². The molecular weight excluding hydrogens is 282 g/mol. The van der Waals surface area contributed by atoms with E-state index in [0.29, 0.717) is 23.9 Å². The van der Waals surface area contributed by atoms with E-state index in [1.54, 1.807) is 42.6 Å². The van der Waals surface area contributed by atoms with Crippen molar-refractivity contribution in [2.24, 2.45) is 0 Å². The summed E-state index contributed by atoms with van der Waals surface area (Å²) in [6, 6.07) is 10.3. The summed E-state index contributed by atoms with van der Waals surface area (Å²) in [7, 11) is 0. The summed E-state index contributed by atoms with van der Waals surface area (Å²) in [5.74, 6) is -0.486. The summed E-state index contributed by atoms with van der Waals surface area (Å²) in [4.78, 5) is 27.6. The summed E-state index contributed by atoms with van der Waals surface area (Å²) in [6.45, 7) is 4.33. The Kier molecular flexibility index (Phi) is 5.08. The molecule has 2 rings (SSSR count). The molecule has 1 aromatic carbocycles. The van der Waals surface area contributed by atoms with Crippen LogP contribution in [0.25, 0.3) is 0 Å². The van der Waals surface area contributed by atoms with Crippen molar-refractivity contribution in [2.75, 3.05) is 17.2 Å². The zero-order valence-corrected chi connectivity index (χ0v) is 12.4. The van der Waals surface area contributed by atoms with Crippen LogP contribution in [0.3, 0.4) is 0 Å². The summed E-state index contributed by atoms with van der Waals surface area (Å²) in [5.41, 5.74) is 1.46. The Morgan fingerprint density at radius 1 is 1.09 bits per heavy atom. The minimum Gasteiger partial charge on any atom is -0.494 e. The van der Waals surface area contributed by atoms with Gasteiger partial charge in [-0.1, -0.05) is 0 Å². The lowest BCUT2D eigenvalue weighted by atomic mass is 10.3. The fraction of sp³-hybridized carbons (Fsp3) is 0.188. The number of aromatic nitrogens is 1. The van der Waals surface area contributed by atoms with Crippen molar-refractivity contribution in [3.8, 4) is 5.75 Å². The minimum atomic E-state index is -0.771. The highest BCUT2D eigenvalue weighted by Crippen LogP contribution is 2.15. The number of pyridine rings is 1. The van der Waals surface area contributed by atoms with Crippen molar-refractivity contribution in [3.63, 3.8) is 0 Å². The predicted octanol–water partition coefficient (Wildman–Crippen LogP) is 2.37. The number of hydrogen-bond acceptors (Lipinski definition) is 4. The van der Waals surface area contributed by atoms with Gasteiger partial charge in [-0.3, -0.25) is 9.59 Å². The van der Waals surface area contributed by atoms with E-state index in [-0.39, 0.29) is 0 Å². The largest absolute Gasteiger partial charge is 0.494 e. The number of nitrogens with zero attached hydrogens (tertiary/aromatic N) is 1. The topological polar surface area (TPSA) is 80.3 Å². The van der Waals surface area contributed by atoms with E-state index in [9.17, 15) is 9.59 Å². The molecule has 0 atom stereocenters. The van der Waals surface area contributed by atoms with Crippen molar-refractivity contribution >= 4 is 23.3 Å². The Morgan fingerprint density at radius 2 is 1.77 bits per heavy atom. The van der Waals surface area contributed by atoms with Crippen LogP contribution in [0.5, 0.6) is 5.75 Å². The van der Waals surface area contributed by atoms with E-state index in [0.717, 1.165) is 5.56 Å². The molecular formula is C16H17N3O3. The lowest BCUT2D eigenvalue weighted by Gasteiger charge is -2.07. The van der Waals surface area contributed by atoms with Gasteiger partial charge in [-0.25, -0.2) is 4.98 Å². The number of carbonyl (C=O) groups is 2. The van der Waals surface area contributed by atoms with Gasteiger partial charge in [0, 0.05) is 11.9 Å². The zero-order chi connectivity index (χ0) is 15.9. The molecule has 1 heterocycles. The molecule has 0 radical (unpaired) electrons. The van der Waals surface area contributed by atoms with E-state index in [1.807, 2.05) is 13.8 Å². The Labute approximate surface area is 128 Å². The quantitative estimate of drug-likeness (QED) is 0.849. The van der Waals surface area contributed by atoms with Gasteiger partial charge in [-0.05, 0) is 55.8 Å². The Hall–Kier alpha value is -2.89. The highest BCUT2D eigenvalue weighted by molar-refractivity contribution is 6.43. The van der Waals surface area contributed by atoms with Gasteiger partial charge in [-0.2, -0.15) is 0 Å². The van der Waals surface area contributed by atoms with Gasteiger partial charge < -0.3 is 15.4 Å². The van der Waals surface area contributed by atoms with Gasteiger partial charge in [-0.15, -0.1) is 0 Å². The third-order valence-corrected chi connectivity index (χ3v) is 2.79. The lowest BCUT2D eigenvalue weighted by molar-refractivity contribution is -0.133. The normalized spacial score (nSPS) is 9.91. The third kappa shape index (κ3) is 4.31. The smallest absolute Gasteiger partial charge is 0.315 e. The Balaban J connectivity index is 1.95. The number of aryl methyl sites for hydroxylation is 1. The second-order valence-electron chi connectivity index (χ2n) is 4.58. The molecule has 0 aliphatic rings. The molecule has 22 heavy (non-hydrogen) atoms. The predicted molar refractivity (Wildman–Crippen MR) is 83.8 cm³/mol. The molecule has 0 spiro atoms. The van der Waals surface area contributed by atoms with Crippen molar-refractivity contribution < 1.29 is 14.3 Å². The Morgan fingerprint density at radius 3 is 2.41 bits per heavy atom. The number of rotatable bonds is 4. The summed E-state index contributed by atoms with van der Waals surface area (Å²) in [5, 5.41) is 4.96. The number of carbonyl (C=O) groups excluding carboxylic acids is 2. The van der Waals surface area contributed by atoms with Crippen LogP contribution in [0, 0.1) is 6.92 Å². The maximum atomic E-state index is 11.8. The maximum absolute atomic E-state index is 11.8. The molecule has 114 valence electrons. The van der Waals surface area contributed by atoms with E-state index >= 15 is 0 Å². The molecule has 0 aliphatic heterocycles. The van der Waals surface area contributed by atoms with Crippen molar-refractivity contribution in [3.05, 3.63) is 48.2 Å². The first kappa shape index (κ1) is 15.5. The highest BCUT2D eigenvalue weighted by atomic mass is 16.5. The first-order valence-electron chi connectivity index (χ1n) is 6.86. The Bertz CT molecular complexity index is 669. The van der Waals surface area contributed by atoms with Gasteiger partial charge in [0.2, 0.25) is 0 Å². The molecule has 1 aromatic heterocycles. The molecule has 2 aromatic rings. The second kappa shape index (κ2) is 7.21. The number of benzene rings is 1. The molecule has 0 unspecified atom stereocenters. The van der Waals surface area contributed by atoms with Crippen LogP contribution in [-0.4, -0.2) is 23.4 Å².